The molecule has 0 amide bonds. The van der Waals surface area contributed by atoms with Gasteiger partial charge in [0, 0.05) is 5.56 Å². The van der Waals surface area contributed by atoms with Crippen LogP contribution >= 0.6 is 0 Å². The minimum Gasteiger partial charge on any atom is -0.465 e. The second-order valence-corrected chi connectivity index (χ2v) is 5.67. The molecule has 0 unspecified atom stereocenters. The third kappa shape index (κ3) is 2.65. The lowest BCUT2D eigenvalue weighted by Crippen LogP contribution is -2.26. The number of benzene rings is 1. The van der Waals surface area contributed by atoms with E-state index in [4.69, 9.17) is 4.42 Å². The van der Waals surface area contributed by atoms with E-state index < -0.39 is 0 Å². The average Bonchev–Trinajstić information content (AvgIpc) is 2.94. The molecule has 1 heterocycles. The molecule has 0 radical (unpaired) electrons. The van der Waals surface area contributed by atoms with Gasteiger partial charge in [0.25, 0.3) is 0 Å². The first kappa shape index (κ1) is 13.1. The van der Waals surface area contributed by atoms with E-state index in [-0.39, 0.29) is 5.41 Å². The van der Waals surface area contributed by atoms with E-state index >= 15 is 0 Å². The lowest BCUT2D eigenvalue weighted by Gasteiger charge is -2.30. The molecule has 2 aromatic rings. The quantitative estimate of drug-likeness (QED) is 0.672. The molecular formula is C19H20O. The van der Waals surface area contributed by atoms with Gasteiger partial charge < -0.3 is 4.42 Å². The first-order valence-corrected chi connectivity index (χ1v) is 7.44. The first-order chi connectivity index (χ1) is 9.78. The molecule has 0 atom stereocenters. The van der Waals surface area contributed by atoms with Crippen LogP contribution in [-0.4, -0.2) is 0 Å². The molecule has 1 heteroatoms. The molecule has 1 fully saturated rings. The van der Waals surface area contributed by atoms with Crippen LogP contribution in [0.5, 0.6) is 0 Å². The lowest BCUT2D eigenvalue weighted by atomic mass is 9.73. The number of aryl methyl sites for hydroxylation is 1. The minimum absolute atomic E-state index is 0.0810. The Hall–Kier alpha value is -1.94. The van der Waals surface area contributed by atoms with Gasteiger partial charge in [-0.3, -0.25) is 0 Å². The van der Waals surface area contributed by atoms with Crippen LogP contribution in [0.25, 0.3) is 0 Å². The van der Waals surface area contributed by atoms with E-state index in [9.17, 15) is 0 Å². The Balaban J connectivity index is 1.97. The molecule has 0 N–H and O–H groups in total. The van der Waals surface area contributed by atoms with Crippen LogP contribution in [0.4, 0.5) is 0 Å². The van der Waals surface area contributed by atoms with Gasteiger partial charge in [0.15, 0.2) is 0 Å². The molecule has 20 heavy (non-hydrogen) atoms. The summed E-state index contributed by atoms with van der Waals surface area (Å²) in [5.41, 5.74) is 1.00. The largest absolute Gasteiger partial charge is 0.465 e. The normalized spacial score (nSPS) is 17.2. The van der Waals surface area contributed by atoms with Gasteiger partial charge in [-0.2, -0.15) is 0 Å². The van der Waals surface area contributed by atoms with Crippen LogP contribution in [0.15, 0.2) is 46.9 Å². The highest BCUT2D eigenvalue weighted by atomic mass is 16.3. The average molecular weight is 264 g/mol. The van der Waals surface area contributed by atoms with Gasteiger partial charge in [-0.25, -0.2) is 0 Å². The van der Waals surface area contributed by atoms with Gasteiger partial charge in [0.2, 0.25) is 0 Å². The second kappa shape index (κ2) is 5.59. The van der Waals surface area contributed by atoms with Gasteiger partial charge in [-0.05, 0) is 44.0 Å². The van der Waals surface area contributed by atoms with Crippen molar-refractivity contribution in [2.75, 3.05) is 0 Å². The summed E-state index contributed by atoms with van der Waals surface area (Å²) < 4.78 is 5.91. The third-order valence-corrected chi connectivity index (χ3v) is 4.14. The fourth-order valence-electron chi connectivity index (χ4n) is 2.99. The molecule has 1 nitrogen and oxygen atoms in total. The monoisotopic (exact) mass is 264 g/mol. The summed E-state index contributed by atoms with van der Waals surface area (Å²) in [7, 11) is 0. The molecule has 0 spiro atoms. The molecule has 1 aromatic carbocycles. The first-order valence-electron chi connectivity index (χ1n) is 7.44. The molecule has 0 bridgehead atoms. The number of furan rings is 1. The fourth-order valence-corrected chi connectivity index (χ4v) is 2.99. The standard InChI is InChI=1S/C19H20O/c1-16-10-11-18(20-16)19(13-6-3-7-14-19)15-12-17-8-4-2-5-9-17/h2,4-5,8-11H,3,6-7,13-14H2,1H3. The summed E-state index contributed by atoms with van der Waals surface area (Å²) in [6.07, 6.45) is 6.01. The maximum atomic E-state index is 5.91. The Kier molecular flexibility index (Phi) is 3.65. The molecule has 1 aliphatic rings. The molecular weight excluding hydrogens is 244 g/mol. The van der Waals surface area contributed by atoms with Crippen molar-refractivity contribution in [2.24, 2.45) is 0 Å². The summed E-state index contributed by atoms with van der Waals surface area (Å²) in [6.45, 7) is 2.00. The Morgan fingerprint density at radius 2 is 1.70 bits per heavy atom. The highest BCUT2D eigenvalue weighted by molar-refractivity contribution is 5.40. The van der Waals surface area contributed by atoms with Crippen LogP contribution < -0.4 is 0 Å². The maximum absolute atomic E-state index is 5.91. The molecule has 1 saturated carbocycles. The summed E-state index contributed by atoms with van der Waals surface area (Å²) in [6, 6.07) is 14.4. The Bertz CT molecular complexity index is 619. The predicted octanol–water partition coefficient (Wildman–Crippen LogP) is 4.84. The summed E-state index contributed by atoms with van der Waals surface area (Å²) >= 11 is 0. The zero-order valence-corrected chi connectivity index (χ0v) is 12.0. The Morgan fingerprint density at radius 3 is 2.35 bits per heavy atom. The van der Waals surface area contributed by atoms with E-state index in [2.05, 4.69) is 36.1 Å². The number of rotatable bonds is 1. The maximum Gasteiger partial charge on any atom is 0.122 e. The summed E-state index contributed by atoms with van der Waals surface area (Å²) in [5, 5.41) is 0. The van der Waals surface area contributed by atoms with E-state index in [0.29, 0.717) is 0 Å². The molecule has 1 aromatic heterocycles. The van der Waals surface area contributed by atoms with Crippen LogP contribution in [0.2, 0.25) is 0 Å². The second-order valence-electron chi connectivity index (χ2n) is 5.67. The fraction of sp³-hybridized carbons (Fsp3) is 0.368. The number of hydrogen-bond donors (Lipinski definition) is 0. The molecule has 1 aliphatic carbocycles. The van der Waals surface area contributed by atoms with E-state index in [1.807, 2.05) is 25.1 Å². The van der Waals surface area contributed by atoms with Crippen molar-refractivity contribution < 1.29 is 4.42 Å². The van der Waals surface area contributed by atoms with Gasteiger partial charge in [-0.15, -0.1) is 0 Å². The van der Waals surface area contributed by atoms with Crippen molar-refractivity contribution in [1.82, 2.24) is 0 Å². The SMILES string of the molecule is Cc1ccc(C2(C#Cc3ccccc3)CCCCC2)o1. The van der Waals surface area contributed by atoms with E-state index in [0.717, 1.165) is 29.9 Å². The molecule has 0 aliphatic heterocycles. The van der Waals surface area contributed by atoms with Crippen molar-refractivity contribution in [3.05, 3.63) is 59.5 Å². The van der Waals surface area contributed by atoms with Gasteiger partial charge in [0.05, 0.1) is 5.41 Å². The van der Waals surface area contributed by atoms with Crippen LogP contribution in [0.3, 0.4) is 0 Å². The Morgan fingerprint density at radius 1 is 0.950 bits per heavy atom. The Labute approximate surface area is 121 Å². The minimum atomic E-state index is -0.0810. The van der Waals surface area contributed by atoms with Crippen molar-refractivity contribution in [3.8, 4) is 11.8 Å². The zero-order valence-electron chi connectivity index (χ0n) is 12.0. The van der Waals surface area contributed by atoms with E-state index in [1.54, 1.807) is 0 Å². The third-order valence-electron chi connectivity index (χ3n) is 4.14. The summed E-state index contributed by atoms with van der Waals surface area (Å²) in [4.78, 5) is 0. The topological polar surface area (TPSA) is 13.1 Å². The van der Waals surface area contributed by atoms with Crippen molar-refractivity contribution in [1.29, 1.82) is 0 Å². The molecule has 102 valence electrons. The van der Waals surface area contributed by atoms with E-state index in [1.165, 1.54) is 19.3 Å². The highest BCUT2D eigenvalue weighted by Gasteiger charge is 2.35. The zero-order chi connectivity index (χ0) is 13.8. The molecule has 3 rings (SSSR count). The smallest absolute Gasteiger partial charge is 0.122 e. The van der Waals surface area contributed by atoms with Gasteiger partial charge in [0.1, 0.15) is 11.5 Å². The highest BCUT2D eigenvalue weighted by Crippen LogP contribution is 2.39. The van der Waals surface area contributed by atoms with Crippen LogP contribution in [0.1, 0.15) is 49.2 Å². The number of hydrogen-bond acceptors (Lipinski definition) is 1. The summed E-state index contributed by atoms with van der Waals surface area (Å²) in [5.74, 6) is 8.92. The van der Waals surface area contributed by atoms with Crippen LogP contribution in [0, 0.1) is 18.8 Å². The van der Waals surface area contributed by atoms with Gasteiger partial charge >= 0.3 is 0 Å². The van der Waals surface area contributed by atoms with Crippen molar-refractivity contribution >= 4 is 0 Å². The van der Waals surface area contributed by atoms with Crippen LogP contribution in [-0.2, 0) is 5.41 Å². The lowest BCUT2D eigenvalue weighted by molar-refractivity contribution is 0.305. The molecule has 0 saturated heterocycles. The van der Waals surface area contributed by atoms with Crippen molar-refractivity contribution in [3.63, 3.8) is 0 Å². The van der Waals surface area contributed by atoms with Crippen molar-refractivity contribution in [2.45, 2.75) is 44.4 Å². The van der Waals surface area contributed by atoms with Gasteiger partial charge in [-0.1, -0.05) is 49.3 Å². The predicted molar refractivity (Wildman–Crippen MR) is 81.5 cm³/mol.